The Bertz CT molecular complexity index is 288. The lowest BCUT2D eigenvalue weighted by atomic mass is 9.93. The van der Waals surface area contributed by atoms with Crippen LogP contribution >= 0.6 is 0 Å². The molecule has 0 unspecified atom stereocenters. The molecule has 0 aliphatic rings. The maximum atomic E-state index is 5.39. The molecule has 86 valence electrons. The van der Waals surface area contributed by atoms with Crippen molar-refractivity contribution >= 4 is 0 Å². The number of hydrogen-bond donors (Lipinski definition) is 0. The highest BCUT2D eigenvalue weighted by Crippen LogP contribution is 2.18. The minimum Gasteiger partial charge on any atom is -0.380 e. The second kappa shape index (κ2) is 5.26. The molecule has 1 rings (SSSR count). The average Bonchev–Trinajstić information content (AvgIpc) is 2.60. The van der Waals surface area contributed by atoms with Gasteiger partial charge < -0.3 is 4.74 Å². The Morgan fingerprint density at radius 2 is 2.07 bits per heavy atom. The molecule has 0 spiro atoms. The largest absolute Gasteiger partial charge is 0.380 e. The van der Waals surface area contributed by atoms with Crippen LogP contribution in [0, 0.1) is 0 Å². The van der Waals surface area contributed by atoms with Gasteiger partial charge in [-0.25, -0.2) is 4.68 Å². The van der Waals surface area contributed by atoms with Gasteiger partial charge in [0.2, 0.25) is 0 Å². The van der Waals surface area contributed by atoms with E-state index in [1.165, 1.54) is 0 Å². The number of rotatable bonds is 5. The maximum Gasteiger partial charge on any atom is 0.0880 e. The summed E-state index contributed by atoms with van der Waals surface area (Å²) in [6, 6.07) is 0. The third kappa shape index (κ3) is 4.00. The smallest absolute Gasteiger partial charge is 0.0880 e. The molecular weight excluding hydrogens is 190 g/mol. The summed E-state index contributed by atoms with van der Waals surface area (Å²) in [6.45, 7) is 10.8. The van der Waals surface area contributed by atoms with Crippen molar-refractivity contribution in [2.45, 2.75) is 46.1 Å². The summed E-state index contributed by atoms with van der Waals surface area (Å²) in [5, 5.41) is 8.21. The molecule has 0 saturated heterocycles. The van der Waals surface area contributed by atoms with E-state index in [4.69, 9.17) is 4.74 Å². The van der Waals surface area contributed by atoms with E-state index in [0.29, 0.717) is 6.61 Å². The van der Waals surface area contributed by atoms with Gasteiger partial charge in [-0.05, 0) is 6.42 Å². The van der Waals surface area contributed by atoms with E-state index in [2.05, 4.69) is 38.0 Å². The van der Waals surface area contributed by atoms with Crippen LogP contribution in [0.25, 0.3) is 0 Å². The molecule has 0 amide bonds. The monoisotopic (exact) mass is 211 g/mol. The van der Waals surface area contributed by atoms with Crippen LogP contribution in [0.1, 0.15) is 39.8 Å². The number of hydrogen-bond acceptors (Lipinski definition) is 3. The molecule has 4 nitrogen and oxygen atoms in total. The lowest BCUT2D eigenvalue weighted by molar-refractivity contribution is 0.124. The molecule has 0 bridgehead atoms. The van der Waals surface area contributed by atoms with Crippen molar-refractivity contribution in [2.75, 3.05) is 13.2 Å². The summed E-state index contributed by atoms with van der Waals surface area (Å²) in [5.74, 6) is 0. The highest BCUT2D eigenvalue weighted by atomic mass is 16.5. The Hall–Kier alpha value is -0.900. The highest BCUT2D eigenvalue weighted by molar-refractivity contribution is 5.06. The van der Waals surface area contributed by atoms with E-state index >= 15 is 0 Å². The first kappa shape index (κ1) is 12.2. The summed E-state index contributed by atoms with van der Waals surface area (Å²) in [4.78, 5) is 0. The third-order valence-corrected chi connectivity index (χ3v) is 2.12. The van der Waals surface area contributed by atoms with E-state index in [1.807, 2.05) is 10.9 Å². The van der Waals surface area contributed by atoms with Gasteiger partial charge in [0.1, 0.15) is 0 Å². The van der Waals surface area contributed by atoms with Gasteiger partial charge >= 0.3 is 0 Å². The fourth-order valence-corrected chi connectivity index (χ4v) is 1.16. The average molecular weight is 211 g/mol. The van der Waals surface area contributed by atoms with E-state index in [9.17, 15) is 0 Å². The summed E-state index contributed by atoms with van der Waals surface area (Å²) < 4.78 is 7.24. The first-order chi connectivity index (χ1) is 7.04. The van der Waals surface area contributed by atoms with E-state index in [-0.39, 0.29) is 5.41 Å². The van der Waals surface area contributed by atoms with Crippen molar-refractivity contribution in [2.24, 2.45) is 0 Å². The van der Waals surface area contributed by atoms with Crippen LogP contribution in [0.5, 0.6) is 0 Å². The molecular formula is C11H21N3O. The zero-order valence-electron chi connectivity index (χ0n) is 10.2. The fraction of sp³-hybridized carbons (Fsp3) is 0.818. The second-order valence-corrected chi connectivity index (χ2v) is 4.73. The predicted molar refractivity (Wildman–Crippen MR) is 59.8 cm³/mol. The van der Waals surface area contributed by atoms with Crippen LogP contribution < -0.4 is 0 Å². The molecule has 0 saturated carbocycles. The topological polar surface area (TPSA) is 39.9 Å². The van der Waals surface area contributed by atoms with Gasteiger partial charge in [-0.2, -0.15) is 0 Å². The molecule has 0 atom stereocenters. The first-order valence-corrected chi connectivity index (χ1v) is 5.52. The zero-order chi connectivity index (χ0) is 11.3. The minimum atomic E-state index is 0.0720. The third-order valence-electron chi connectivity index (χ3n) is 2.12. The lowest BCUT2D eigenvalue weighted by Gasteiger charge is -2.12. The van der Waals surface area contributed by atoms with Gasteiger partial charge in [0.25, 0.3) is 0 Å². The van der Waals surface area contributed by atoms with Gasteiger partial charge in [0.05, 0.1) is 18.8 Å². The molecule has 0 fully saturated rings. The molecule has 0 radical (unpaired) electrons. The van der Waals surface area contributed by atoms with Crippen LogP contribution in [0.3, 0.4) is 0 Å². The first-order valence-electron chi connectivity index (χ1n) is 5.52. The van der Waals surface area contributed by atoms with Crippen LogP contribution in [0.15, 0.2) is 6.20 Å². The van der Waals surface area contributed by atoms with Crippen LogP contribution in [-0.2, 0) is 16.7 Å². The highest BCUT2D eigenvalue weighted by Gasteiger charge is 2.17. The summed E-state index contributed by atoms with van der Waals surface area (Å²) in [5.41, 5.74) is 1.10. The quantitative estimate of drug-likeness (QED) is 0.699. The van der Waals surface area contributed by atoms with E-state index < -0.39 is 0 Å². The van der Waals surface area contributed by atoms with Crippen molar-refractivity contribution in [3.63, 3.8) is 0 Å². The summed E-state index contributed by atoms with van der Waals surface area (Å²) >= 11 is 0. The lowest BCUT2D eigenvalue weighted by Crippen LogP contribution is -2.11. The van der Waals surface area contributed by atoms with E-state index in [0.717, 1.165) is 25.3 Å². The Morgan fingerprint density at radius 3 is 2.60 bits per heavy atom. The standard InChI is InChI=1S/C11H21N3O/c1-5-7-15-8-6-14-9-10(12-13-14)11(2,3)4/h9H,5-8H2,1-4H3. The fourth-order valence-electron chi connectivity index (χ4n) is 1.16. The zero-order valence-corrected chi connectivity index (χ0v) is 10.2. The van der Waals surface area contributed by atoms with Crippen molar-refractivity contribution in [3.8, 4) is 0 Å². The van der Waals surface area contributed by atoms with Gasteiger partial charge in [-0.3, -0.25) is 0 Å². The van der Waals surface area contributed by atoms with Crippen LogP contribution in [0.2, 0.25) is 0 Å². The Balaban J connectivity index is 2.40. The van der Waals surface area contributed by atoms with Crippen LogP contribution in [0.4, 0.5) is 0 Å². The molecule has 0 aliphatic heterocycles. The van der Waals surface area contributed by atoms with E-state index in [1.54, 1.807) is 0 Å². The van der Waals surface area contributed by atoms with Gasteiger partial charge in [0.15, 0.2) is 0 Å². The summed E-state index contributed by atoms with van der Waals surface area (Å²) in [7, 11) is 0. The Labute approximate surface area is 91.6 Å². The summed E-state index contributed by atoms with van der Waals surface area (Å²) in [6.07, 6.45) is 3.06. The normalized spacial score (nSPS) is 12.0. The predicted octanol–water partition coefficient (Wildman–Crippen LogP) is 2.00. The van der Waals surface area contributed by atoms with Gasteiger partial charge in [-0.1, -0.05) is 32.9 Å². The van der Waals surface area contributed by atoms with Crippen molar-refractivity contribution in [1.82, 2.24) is 15.0 Å². The molecule has 15 heavy (non-hydrogen) atoms. The van der Waals surface area contributed by atoms with Gasteiger partial charge in [-0.15, -0.1) is 5.10 Å². The Morgan fingerprint density at radius 1 is 1.33 bits per heavy atom. The number of aromatic nitrogens is 3. The molecule has 4 heteroatoms. The number of nitrogens with zero attached hydrogens (tertiary/aromatic N) is 3. The number of ether oxygens (including phenoxy) is 1. The molecule has 0 N–H and O–H groups in total. The van der Waals surface area contributed by atoms with Crippen molar-refractivity contribution < 1.29 is 4.74 Å². The molecule has 0 aliphatic carbocycles. The van der Waals surface area contributed by atoms with Crippen molar-refractivity contribution in [3.05, 3.63) is 11.9 Å². The molecule has 1 aromatic rings. The van der Waals surface area contributed by atoms with Crippen LogP contribution in [-0.4, -0.2) is 28.2 Å². The van der Waals surface area contributed by atoms with Crippen molar-refractivity contribution in [1.29, 1.82) is 0 Å². The molecule has 1 heterocycles. The Kier molecular flexibility index (Phi) is 4.27. The van der Waals surface area contributed by atoms with Gasteiger partial charge in [0, 0.05) is 18.2 Å². The SMILES string of the molecule is CCCOCCn1cc(C(C)(C)C)nn1. The molecule has 1 aromatic heterocycles. The minimum absolute atomic E-state index is 0.0720. The second-order valence-electron chi connectivity index (χ2n) is 4.73. The molecule has 0 aromatic carbocycles. The maximum absolute atomic E-state index is 5.39.